The van der Waals surface area contributed by atoms with Crippen molar-refractivity contribution < 1.29 is 0 Å². The van der Waals surface area contributed by atoms with Crippen LogP contribution in [0.3, 0.4) is 0 Å². The van der Waals surface area contributed by atoms with Crippen molar-refractivity contribution in [3.8, 4) is 27.9 Å². The predicted molar refractivity (Wildman–Crippen MR) is 268 cm³/mol. The van der Waals surface area contributed by atoms with E-state index in [-0.39, 0.29) is 0 Å². The molecule has 3 nitrogen and oxygen atoms in total. The number of aromatic nitrogens is 1. The fourth-order valence-electron chi connectivity index (χ4n) is 10.3. The lowest BCUT2D eigenvalue weighted by Gasteiger charge is -2.45. The van der Waals surface area contributed by atoms with Crippen LogP contribution in [0, 0.1) is 0 Å². The van der Waals surface area contributed by atoms with Crippen molar-refractivity contribution >= 4 is 50.2 Å². The highest BCUT2D eigenvalue weighted by Crippen LogP contribution is 2.58. The summed E-state index contributed by atoms with van der Waals surface area (Å²) in [7, 11) is 0. The summed E-state index contributed by atoms with van der Waals surface area (Å²) in [4.78, 5) is 4.98. The van der Waals surface area contributed by atoms with E-state index in [0.29, 0.717) is 0 Å². The van der Waals surface area contributed by atoms with Gasteiger partial charge in [0.1, 0.15) is 5.54 Å². The Morgan fingerprint density at radius 3 is 1.52 bits per heavy atom. The smallest absolute Gasteiger partial charge is 0.122 e. The van der Waals surface area contributed by atoms with Gasteiger partial charge in [-0.05, 0) is 106 Å². The van der Waals surface area contributed by atoms with Gasteiger partial charge in [-0.25, -0.2) is 0 Å². The molecule has 0 amide bonds. The van der Waals surface area contributed by atoms with E-state index in [1.165, 1.54) is 55.2 Å². The Morgan fingerprint density at radius 2 is 0.812 bits per heavy atom. The Kier molecular flexibility index (Phi) is 9.05. The summed E-state index contributed by atoms with van der Waals surface area (Å²) in [6, 6.07) is 95.0. The Hall–Kier alpha value is -8.40. The summed E-state index contributed by atoms with van der Waals surface area (Å²) in [6.45, 7) is 0. The average molecular weight is 818 g/mol. The third kappa shape index (κ3) is 5.90. The maximum absolute atomic E-state index is 2.55. The summed E-state index contributed by atoms with van der Waals surface area (Å²) in [6.07, 6.45) is 0. The molecule has 0 saturated heterocycles. The average Bonchev–Trinajstić information content (AvgIpc) is 3.86. The zero-order valence-corrected chi connectivity index (χ0v) is 35.2. The van der Waals surface area contributed by atoms with Crippen LogP contribution < -0.4 is 9.80 Å². The van der Waals surface area contributed by atoms with Crippen molar-refractivity contribution in [2.45, 2.75) is 5.54 Å². The number of para-hydroxylation sites is 5. The second-order valence-corrected chi connectivity index (χ2v) is 16.5. The molecule has 1 atom stereocenters. The van der Waals surface area contributed by atoms with E-state index in [1.807, 2.05) is 0 Å². The first-order chi connectivity index (χ1) is 31.8. The zero-order valence-electron chi connectivity index (χ0n) is 35.2. The number of fused-ring (bicyclic) bond motifs is 6. The van der Waals surface area contributed by atoms with Crippen molar-refractivity contribution in [1.29, 1.82) is 0 Å². The fourth-order valence-corrected chi connectivity index (χ4v) is 10.3. The number of nitrogens with zero attached hydrogens (tertiary/aromatic N) is 3. The summed E-state index contributed by atoms with van der Waals surface area (Å²) in [5, 5.41) is 2.44. The minimum absolute atomic E-state index is 0.730. The van der Waals surface area contributed by atoms with E-state index in [1.54, 1.807) is 0 Å². The van der Waals surface area contributed by atoms with Crippen molar-refractivity contribution in [1.82, 2.24) is 4.57 Å². The van der Waals surface area contributed by atoms with E-state index in [0.717, 1.165) is 39.6 Å². The van der Waals surface area contributed by atoms with Gasteiger partial charge in [0.25, 0.3) is 0 Å². The summed E-state index contributed by atoms with van der Waals surface area (Å²) in [5.74, 6) is 0. The van der Waals surface area contributed by atoms with Crippen molar-refractivity contribution in [2.24, 2.45) is 0 Å². The number of benzene rings is 10. The molecule has 0 bridgehead atoms. The monoisotopic (exact) mass is 817 g/mol. The molecule has 11 aromatic rings. The second kappa shape index (κ2) is 15.5. The predicted octanol–water partition coefficient (Wildman–Crippen LogP) is 16.0. The maximum atomic E-state index is 2.55. The normalized spacial score (nSPS) is 14.0. The largest absolute Gasteiger partial charge is 0.323 e. The third-order valence-corrected chi connectivity index (χ3v) is 13.0. The van der Waals surface area contributed by atoms with Crippen LogP contribution in [0.5, 0.6) is 0 Å². The van der Waals surface area contributed by atoms with Gasteiger partial charge in [-0.15, -0.1) is 0 Å². The molecule has 0 saturated carbocycles. The van der Waals surface area contributed by atoms with E-state index < -0.39 is 5.54 Å². The zero-order chi connectivity index (χ0) is 42.5. The van der Waals surface area contributed by atoms with Crippen molar-refractivity contribution in [3.05, 3.63) is 278 Å². The van der Waals surface area contributed by atoms with Crippen LogP contribution in [0.25, 0.3) is 49.7 Å². The standard InChI is InChI=1S/C61H43N3/c1-6-22-44(23-7-1)51-32-17-20-36-58(51)63-59-37-21-18-34-54(59)55-41-39-50(43-60(55)63)62(46-26-10-3-11-27-46)49-38-40-53-52-33-16-19-35-56(52)61(57(53)42-49,45-24-8-2-9-25-45)64(47-28-12-4-13-29-47)48-30-14-5-15-31-48/h1-43H. The molecule has 1 aromatic heterocycles. The molecule has 1 aliphatic carbocycles. The summed E-state index contributed by atoms with van der Waals surface area (Å²) < 4.78 is 2.46. The lowest BCUT2D eigenvalue weighted by atomic mass is 9.78. The van der Waals surface area contributed by atoms with Crippen LogP contribution in [0.1, 0.15) is 16.7 Å². The fraction of sp³-hybridized carbons (Fsp3) is 0.0164. The molecule has 0 N–H and O–H groups in total. The van der Waals surface area contributed by atoms with Crippen LogP contribution in [-0.2, 0) is 5.54 Å². The quantitative estimate of drug-likeness (QED) is 0.144. The highest BCUT2D eigenvalue weighted by molar-refractivity contribution is 6.11. The first-order valence-corrected chi connectivity index (χ1v) is 22.0. The Bertz CT molecular complexity index is 3400. The molecular weight excluding hydrogens is 775 g/mol. The molecule has 10 aromatic carbocycles. The summed E-state index contributed by atoms with van der Waals surface area (Å²) >= 11 is 0. The molecule has 302 valence electrons. The van der Waals surface area contributed by atoms with Crippen molar-refractivity contribution in [3.63, 3.8) is 0 Å². The van der Waals surface area contributed by atoms with Gasteiger partial charge in [-0.3, -0.25) is 0 Å². The van der Waals surface area contributed by atoms with E-state index in [4.69, 9.17) is 0 Å². The molecule has 0 radical (unpaired) electrons. The van der Waals surface area contributed by atoms with Crippen LogP contribution in [0.15, 0.2) is 261 Å². The lowest BCUT2D eigenvalue weighted by molar-refractivity contribution is 0.644. The van der Waals surface area contributed by atoms with E-state index >= 15 is 0 Å². The Morgan fingerprint density at radius 1 is 0.312 bits per heavy atom. The van der Waals surface area contributed by atoms with Crippen LogP contribution in [-0.4, -0.2) is 4.57 Å². The molecule has 64 heavy (non-hydrogen) atoms. The van der Waals surface area contributed by atoms with Gasteiger partial charge < -0.3 is 14.4 Å². The molecule has 0 spiro atoms. The first-order valence-electron chi connectivity index (χ1n) is 22.0. The Balaban J connectivity index is 1.13. The SMILES string of the molecule is c1ccc(-c2ccccc2-n2c3ccccc3c3ccc(N(c4ccccc4)c4ccc5c(c4)C(c4ccccc4)(N(c4ccccc4)c4ccccc4)c4ccccc4-5)cc32)cc1. The van der Waals surface area contributed by atoms with Gasteiger partial charge >= 0.3 is 0 Å². The number of hydrogen-bond donors (Lipinski definition) is 0. The lowest BCUT2D eigenvalue weighted by Crippen LogP contribution is -2.44. The second-order valence-electron chi connectivity index (χ2n) is 16.5. The molecule has 12 rings (SSSR count). The molecule has 3 heteroatoms. The minimum Gasteiger partial charge on any atom is -0.323 e. The Labute approximate surface area is 374 Å². The van der Waals surface area contributed by atoms with Crippen LogP contribution in [0.4, 0.5) is 28.4 Å². The van der Waals surface area contributed by atoms with Gasteiger partial charge in [0, 0.05) is 44.8 Å². The molecule has 1 unspecified atom stereocenters. The van der Waals surface area contributed by atoms with E-state index in [9.17, 15) is 0 Å². The molecule has 1 heterocycles. The van der Waals surface area contributed by atoms with Gasteiger partial charge in [0.2, 0.25) is 0 Å². The van der Waals surface area contributed by atoms with E-state index in [2.05, 4.69) is 275 Å². The molecule has 0 aliphatic heterocycles. The number of hydrogen-bond acceptors (Lipinski definition) is 2. The van der Waals surface area contributed by atoms with Gasteiger partial charge in [0.15, 0.2) is 0 Å². The van der Waals surface area contributed by atoms with Crippen LogP contribution in [0.2, 0.25) is 0 Å². The van der Waals surface area contributed by atoms with Crippen LogP contribution >= 0.6 is 0 Å². The number of rotatable bonds is 9. The third-order valence-electron chi connectivity index (χ3n) is 13.0. The van der Waals surface area contributed by atoms with Crippen molar-refractivity contribution in [2.75, 3.05) is 9.80 Å². The maximum Gasteiger partial charge on any atom is 0.122 e. The molecule has 0 fully saturated rings. The highest BCUT2D eigenvalue weighted by atomic mass is 15.2. The van der Waals surface area contributed by atoms with Gasteiger partial charge in [0.05, 0.1) is 16.7 Å². The molecular formula is C61H43N3. The number of anilines is 5. The minimum atomic E-state index is -0.730. The van der Waals surface area contributed by atoms with Gasteiger partial charge in [-0.1, -0.05) is 188 Å². The summed E-state index contributed by atoms with van der Waals surface area (Å²) in [5.41, 5.74) is 16.7. The first kappa shape index (κ1) is 37.4. The topological polar surface area (TPSA) is 11.4 Å². The highest BCUT2D eigenvalue weighted by Gasteiger charge is 2.50. The van der Waals surface area contributed by atoms with Gasteiger partial charge in [-0.2, -0.15) is 0 Å². The molecule has 1 aliphatic rings.